The van der Waals surface area contributed by atoms with Crippen LogP contribution in [0, 0.1) is 0 Å². The molecule has 0 spiro atoms. The number of nitrogens with one attached hydrogen (secondary N) is 1. The van der Waals surface area contributed by atoms with Crippen molar-refractivity contribution in [2.45, 2.75) is 13.0 Å². The van der Waals surface area contributed by atoms with Crippen LogP contribution in [0.5, 0.6) is 5.75 Å². The lowest BCUT2D eigenvalue weighted by molar-refractivity contribution is -0.118. The summed E-state index contributed by atoms with van der Waals surface area (Å²) >= 11 is 0. The van der Waals surface area contributed by atoms with Crippen LogP contribution >= 0.6 is 0 Å². The zero-order valence-electron chi connectivity index (χ0n) is 15.2. The summed E-state index contributed by atoms with van der Waals surface area (Å²) < 4.78 is 5.36. The molecule has 6 heteroatoms. The van der Waals surface area contributed by atoms with Crippen LogP contribution in [-0.2, 0) is 11.3 Å². The number of hydrogen-bond donors (Lipinski definition) is 1. The van der Waals surface area contributed by atoms with Crippen LogP contribution in [0.4, 0.5) is 5.69 Å². The lowest BCUT2D eigenvalue weighted by Crippen LogP contribution is -2.35. The molecule has 0 unspecified atom stereocenters. The Hall–Kier alpha value is -2.86. The Bertz CT molecular complexity index is 838. The van der Waals surface area contributed by atoms with Gasteiger partial charge in [0.25, 0.3) is 11.8 Å². The minimum Gasteiger partial charge on any atom is -0.482 e. The molecule has 2 aliphatic heterocycles. The van der Waals surface area contributed by atoms with Gasteiger partial charge in [0, 0.05) is 38.3 Å². The molecular formula is C21H23N3O3. The van der Waals surface area contributed by atoms with Gasteiger partial charge < -0.3 is 15.0 Å². The summed E-state index contributed by atoms with van der Waals surface area (Å²) in [5.74, 6) is 0.411. The molecule has 1 saturated heterocycles. The zero-order chi connectivity index (χ0) is 18.6. The quantitative estimate of drug-likeness (QED) is 0.907. The van der Waals surface area contributed by atoms with E-state index in [-0.39, 0.29) is 18.4 Å². The largest absolute Gasteiger partial charge is 0.482 e. The van der Waals surface area contributed by atoms with Crippen molar-refractivity contribution in [3.8, 4) is 5.75 Å². The molecule has 4 rings (SSSR count). The first-order valence-electron chi connectivity index (χ1n) is 9.31. The number of amides is 2. The molecule has 0 aliphatic carbocycles. The predicted molar refractivity (Wildman–Crippen MR) is 103 cm³/mol. The number of anilines is 1. The van der Waals surface area contributed by atoms with E-state index in [2.05, 4.69) is 34.5 Å². The maximum atomic E-state index is 12.9. The second-order valence-electron chi connectivity index (χ2n) is 6.96. The van der Waals surface area contributed by atoms with Crippen molar-refractivity contribution in [3.05, 3.63) is 59.7 Å². The molecule has 0 atom stereocenters. The van der Waals surface area contributed by atoms with E-state index in [1.165, 1.54) is 5.56 Å². The Morgan fingerprint density at radius 2 is 1.89 bits per heavy atom. The Balaban J connectivity index is 1.41. The van der Waals surface area contributed by atoms with Gasteiger partial charge in [0.15, 0.2) is 6.61 Å². The Morgan fingerprint density at radius 3 is 2.74 bits per heavy atom. The highest BCUT2D eigenvalue weighted by molar-refractivity contribution is 5.99. The van der Waals surface area contributed by atoms with Crippen LogP contribution in [0.25, 0.3) is 0 Å². The maximum Gasteiger partial charge on any atom is 0.262 e. The molecule has 0 radical (unpaired) electrons. The fraction of sp³-hybridized carbons (Fsp3) is 0.333. The summed E-state index contributed by atoms with van der Waals surface area (Å²) in [7, 11) is 0. The molecule has 140 valence electrons. The molecule has 2 aromatic rings. The third kappa shape index (κ3) is 4.11. The smallest absolute Gasteiger partial charge is 0.262 e. The van der Waals surface area contributed by atoms with Crippen molar-refractivity contribution >= 4 is 17.5 Å². The Labute approximate surface area is 158 Å². The first kappa shape index (κ1) is 17.5. The van der Waals surface area contributed by atoms with Crippen molar-refractivity contribution in [1.29, 1.82) is 0 Å². The second kappa shape index (κ2) is 7.80. The number of nitrogens with zero attached hydrogens (tertiary/aromatic N) is 2. The van der Waals surface area contributed by atoms with E-state index in [1.807, 2.05) is 11.0 Å². The Kier molecular flexibility index (Phi) is 5.07. The van der Waals surface area contributed by atoms with Gasteiger partial charge in [-0.25, -0.2) is 0 Å². The van der Waals surface area contributed by atoms with E-state index in [0.717, 1.165) is 32.6 Å². The molecule has 2 aromatic carbocycles. The van der Waals surface area contributed by atoms with Gasteiger partial charge in [-0.3, -0.25) is 14.5 Å². The summed E-state index contributed by atoms with van der Waals surface area (Å²) in [6, 6.07) is 15.6. The zero-order valence-corrected chi connectivity index (χ0v) is 15.2. The van der Waals surface area contributed by atoms with Crippen molar-refractivity contribution < 1.29 is 14.3 Å². The average Bonchev–Trinajstić information content (AvgIpc) is 2.93. The van der Waals surface area contributed by atoms with Crippen LogP contribution in [0.3, 0.4) is 0 Å². The van der Waals surface area contributed by atoms with E-state index in [4.69, 9.17) is 4.74 Å². The van der Waals surface area contributed by atoms with Crippen LogP contribution in [0.2, 0.25) is 0 Å². The Morgan fingerprint density at radius 1 is 1.04 bits per heavy atom. The predicted octanol–water partition coefficient (Wildman–Crippen LogP) is 2.37. The van der Waals surface area contributed by atoms with Crippen LogP contribution < -0.4 is 10.1 Å². The number of hydrogen-bond acceptors (Lipinski definition) is 4. The average molecular weight is 365 g/mol. The summed E-state index contributed by atoms with van der Waals surface area (Å²) in [4.78, 5) is 28.7. The number of fused-ring (bicyclic) bond motifs is 1. The van der Waals surface area contributed by atoms with Gasteiger partial charge in [-0.15, -0.1) is 0 Å². The molecule has 2 aliphatic rings. The highest BCUT2D eigenvalue weighted by Crippen LogP contribution is 2.29. The monoisotopic (exact) mass is 365 g/mol. The van der Waals surface area contributed by atoms with Crippen LogP contribution in [0.1, 0.15) is 22.3 Å². The molecule has 2 amide bonds. The summed E-state index contributed by atoms with van der Waals surface area (Å²) in [6.45, 7) is 4.20. The first-order chi connectivity index (χ1) is 13.2. The fourth-order valence-electron chi connectivity index (χ4n) is 3.57. The van der Waals surface area contributed by atoms with Crippen LogP contribution in [0.15, 0.2) is 48.5 Å². The minimum absolute atomic E-state index is 0.000756. The van der Waals surface area contributed by atoms with Crippen molar-refractivity contribution in [1.82, 2.24) is 9.80 Å². The third-order valence-electron chi connectivity index (χ3n) is 4.98. The topological polar surface area (TPSA) is 61.9 Å². The van der Waals surface area contributed by atoms with Crippen molar-refractivity contribution in [2.75, 3.05) is 38.1 Å². The van der Waals surface area contributed by atoms with Crippen molar-refractivity contribution in [2.24, 2.45) is 0 Å². The summed E-state index contributed by atoms with van der Waals surface area (Å²) in [6.07, 6.45) is 0.948. The SMILES string of the molecule is O=C1COc2ccc(C(=O)N3CCCN(Cc4ccccc4)CC3)cc2N1. The first-order valence-corrected chi connectivity index (χ1v) is 9.31. The molecule has 0 saturated carbocycles. The number of carbonyl (C=O) groups is 2. The van der Waals surface area contributed by atoms with Crippen LogP contribution in [-0.4, -0.2) is 54.4 Å². The number of rotatable bonds is 3. The van der Waals surface area contributed by atoms with Gasteiger partial charge in [-0.05, 0) is 30.2 Å². The van der Waals surface area contributed by atoms with Gasteiger partial charge >= 0.3 is 0 Å². The highest BCUT2D eigenvalue weighted by Gasteiger charge is 2.23. The van der Waals surface area contributed by atoms with Crippen molar-refractivity contribution in [3.63, 3.8) is 0 Å². The van der Waals surface area contributed by atoms with E-state index < -0.39 is 0 Å². The lowest BCUT2D eigenvalue weighted by Gasteiger charge is -2.23. The highest BCUT2D eigenvalue weighted by atomic mass is 16.5. The molecule has 27 heavy (non-hydrogen) atoms. The van der Waals surface area contributed by atoms with Gasteiger partial charge in [0.1, 0.15) is 5.75 Å². The van der Waals surface area contributed by atoms with E-state index >= 15 is 0 Å². The van der Waals surface area contributed by atoms with Gasteiger partial charge in [0.2, 0.25) is 0 Å². The lowest BCUT2D eigenvalue weighted by atomic mass is 10.1. The van der Waals surface area contributed by atoms with E-state index in [9.17, 15) is 9.59 Å². The molecule has 0 aromatic heterocycles. The standard InChI is InChI=1S/C21H23N3O3/c25-20-15-27-19-8-7-17(13-18(19)22-20)21(26)24-10-4-9-23(11-12-24)14-16-5-2-1-3-6-16/h1-3,5-8,13H,4,9-12,14-15H2,(H,22,25). The summed E-state index contributed by atoms with van der Waals surface area (Å²) in [5, 5.41) is 2.76. The molecule has 0 bridgehead atoms. The molecule has 6 nitrogen and oxygen atoms in total. The number of carbonyl (C=O) groups excluding carboxylic acids is 2. The van der Waals surface area contributed by atoms with Gasteiger partial charge in [-0.1, -0.05) is 30.3 Å². The number of ether oxygens (including phenoxy) is 1. The second-order valence-corrected chi connectivity index (χ2v) is 6.96. The molecule has 1 fully saturated rings. The van der Waals surface area contributed by atoms with E-state index in [1.54, 1.807) is 18.2 Å². The molecular weight excluding hydrogens is 342 g/mol. The molecule has 2 heterocycles. The van der Waals surface area contributed by atoms with E-state index in [0.29, 0.717) is 23.5 Å². The molecule has 1 N–H and O–H groups in total. The fourth-order valence-corrected chi connectivity index (χ4v) is 3.57. The normalized spacial score (nSPS) is 17.5. The maximum absolute atomic E-state index is 12.9. The summed E-state index contributed by atoms with van der Waals surface area (Å²) in [5.41, 5.74) is 2.44. The number of benzene rings is 2. The third-order valence-corrected chi connectivity index (χ3v) is 4.98. The van der Waals surface area contributed by atoms with Gasteiger partial charge in [-0.2, -0.15) is 0 Å². The van der Waals surface area contributed by atoms with Gasteiger partial charge in [0.05, 0.1) is 5.69 Å². The minimum atomic E-state index is -0.196.